The Labute approximate surface area is 73.2 Å². The summed E-state index contributed by atoms with van der Waals surface area (Å²) in [6.07, 6.45) is 2.47. The summed E-state index contributed by atoms with van der Waals surface area (Å²) >= 11 is 1.49. The average molecular weight is 183 g/mol. The smallest absolute Gasteiger partial charge is 0.234 e. The van der Waals surface area contributed by atoms with Crippen LogP contribution in [0.2, 0.25) is 0 Å². The van der Waals surface area contributed by atoms with Crippen molar-refractivity contribution in [3.8, 4) is 0 Å². The molecule has 0 aliphatic carbocycles. The first-order chi connectivity index (χ1) is 5.81. The molecule has 0 aliphatic rings. The Kier molecular flexibility index (Phi) is 1.78. The SMILES string of the molecule is CCC(N)c1nn2cnnc2s1. The maximum atomic E-state index is 5.80. The molecule has 0 aliphatic heterocycles. The van der Waals surface area contributed by atoms with Crippen LogP contribution in [0.1, 0.15) is 24.4 Å². The minimum Gasteiger partial charge on any atom is -0.322 e. The molecule has 0 saturated carbocycles. The fourth-order valence-electron chi connectivity index (χ4n) is 0.900. The number of nitrogens with two attached hydrogens (primary N) is 1. The normalized spacial score (nSPS) is 13.8. The Balaban J connectivity index is 2.44. The van der Waals surface area contributed by atoms with E-state index in [1.165, 1.54) is 11.3 Å². The topological polar surface area (TPSA) is 69.1 Å². The zero-order valence-corrected chi connectivity index (χ0v) is 7.45. The van der Waals surface area contributed by atoms with Gasteiger partial charge >= 0.3 is 0 Å². The van der Waals surface area contributed by atoms with Crippen LogP contribution in [0.4, 0.5) is 0 Å². The van der Waals surface area contributed by atoms with Crippen molar-refractivity contribution < 1.29 is 0 Å². The summed E-state index contributed by atoms with van der Waals surface area (Å²) in [6.45, 7) is 2.03. The van der Waals surface area contributed by atoms with Crippen molar-refractivity contribution in [2.24, 2.45) is 5.73 Å². The molecule has 0 saturated heterocycles. The zero-order valence-electron chi connectivity index (χ0n) is 6.64. The summed E-state index contributed by atoms with van der Waals surface area (Å²) in [7, 11) is 0. The van der Waals surface area contributed by atoms with Crippen molar-refractivity contribution in [2.75, 3.05) is 0 Å². The van der Waals surface area contributed by atoms with Gasteiger partial charge in [-0.05, 0) is 6.42 Å². The van der Waals surface area contributed by atoms with Crippen molar-refractivity contribution >= 4 is 16.3 Å². The molecule has 2 N–H and O–H groups in total. The maximum absolute atomic E-state index is 5.80. The van der Waals surface area contributed by atoms with Crippen LogP contribution in [0.25, 0.3) is 4.96 Å². The van der Waals surface area contributed by atoms with E-state index >= 15 is 0 Å². The molecule has 0 amide bonds. The van der Waals surface area contributed by atoms with Gasteiger partial charge in [0.25, 0.3) is 0 Å². The van der Waals surface area contributed by atoms with Gasteiger partial charge in [-0.2, -0.15) is 9.61 Å². The summed E-state index contributed by atoms with van der Waals surface area (Å²) in [5, 5.41) is 12.7. The Morgan fingerprint density at radius 2 is 2.58 bits per heavy atom. The zero-order chi connectivity index (χ0) is 8.55. The van der Waals surface area contributed by atoms with Crippen LogP contribution in [0.5, 0.6) is 0 Å². The van der Waals surface area contributed by atoms with E-state index in [0.717, 1.165) is 16.4 Å². The van der Waals surface area contributed by atoms with Crippen molar-refractivity contribution in [3.05, 3.63) is 11.3 Å². The summed E-state index contributed by atoms with van der Waals surface area (Å²) in [5.41, 5.74) is 5.80. The quantitative estimate of drug-likeness (QED) is 0.740. The molecule has 6 heteroatoms. The molecule has 1 atom stereocenters. The molecule has 0 radical (unpaired) electrons. The molecule has 2 aromatic heterocycles. The molecular weight excluding hydrogens is 174 g/mol. The van der Waals surface area contributed by atoms with Crippen LogP contribution in [-0.4, -0.2) is 19.8 Å². The lowest BCUT2D eigenvalue weighted by Gasteiger charge is -2.00. The largest absolute Gasteiger partial charge is 0.322 e. The number of aromatic nitrogens is 4. The molecule has 0 bridgehead atoms. The Morgan fingerprint density at radius 3 is 3.25 bits per heavy atom. The van der Waals surface area contributed by atoms with Gasteiger partial charge in [-0.1, -0.05) is 18.3 Å². The van der Waals surface area contributed by atoms with E-state index < -0.39 is 0 Å². The maximum Gasteiger partial charge on any atom is 0.234 e. The summed E-state index contributed by atoms with van der Waals surface area (Å²) in [4.78, 5) is 0.800. The molecule has 64 valence electrons. The van der Waals surface area contributed by atoms with Crippen LogP contribution < -0.4 is 5.73 Å². The molecule has 0 aromatic carbocycles. The van der Waals surface area contributed by atoms with Crippen molar-refractivity contribution in [2.45, 2.75) is 19.4 Å². The van der Waals surface area contributed by atoms with Crippen LogP contribution in [0.3, 0.4) is 0 Å². The lowest BCUT2D eigenvalue weighted by molar-refractivity contribution is 0.675. The molecule has 12 heavy (non-hydrogen) atoms. The van der Waals surface area contributed by atoms with Gasteiger partial charge in [0.15, 0.2) is 0 Å². The second kappa shape index (κ2) is 2.80. The molecule has 2 heterocycles. The van der Waals surface area contributed by atoms with E-state index in [4.69, 9.17) is 5.73 Å². The molecule has 0 fully saturated rings. The van der Waals surface area contributed by atoms with Gasteiger partial charge in [0.2, 0.25) is 4.96 Å². The number of hydrogen-bond donors (Lipinski definition) is 1. The molecule has 1 unspecified atom stereocenters. The fraction of sp³-hybridized carbons (Fsp3) is 0.500. The summed E-state index contributed by atoms with van der Waals surface area (Å²) in [6, 6.07) is 0.0247. The number of fused-ring (bicyclic) bond motifs is 1. The van der Waals surface area contributed by atoms with E-state index in [1.54, 1.807) is 10.8 Å². The molecule has 2 rings (SSSR count). The fourth-order valence-corrected chi connectivity index (χ4v) is 1.80. The minimum absolute atomic E-state index is 0.0247. The number of nitrogens with zero attached hydrogens (tertiary/aromatic N) is 4. The monoisotopic (exact) mass is 183 g/mol. The van der Waals surface area contributed by atoms with Crippen LogP contribution in [0.15, 0.2) is 6.33 Å². The third-order valence-corrected chi connectivity index (χ3v) is 2.70. The second-order valence-corrected chi connectivity index (χ2v) is 3.50. The Morgan fingerprint density at radius 1 is 1.75 bits per heavy atom. The van der Waals surface area contributed by atoms with Gasteiger partial charge in [0.1, 0.15) is 11.3 Å². The average Bonchev–Trinajstić information content (AvgIpc) is 2.60. The van der Waals surface area contributed by atoms with Crippen molar-refractivity contribution in [3.63, 3.8) is 0 Å². The van der Waals surface area contributed by atoms with E-state index in [-0.39, 0.29) is 6.04 Å². The predicted octanol–water partition coefficient (Wildman–Crippen LogP) is 0.596. The standard InChI is InChI=1S/C6H9N5S/c1-2-4(7)5-10-11-3-8-9-6(11)12-5/h3-4H,2,7H2,1H3. The number of rotatable bonds is 2. The highest BCUT2D eigenvalue weighted by Gasteiger charge is 2.10. The highest BCUT2D eigenvalue weighted by atomic mass is 32.1. The first-order valence-corrected chi connectivity index (χ1v) is 4.55. The van der Waals surface area contributed by atoms with Gasteiger partial charge < -0.3 is 5.73 Å². The summed E-state index contributed by atoms with van der Waals surface area (Å²) < 4.78 is 1.65. The van der Waals surface area contributed by atoms with Gasteiger partial charge in [-0.25, -0.2) is 0 Å². The molecule has 2 aromatic rings. The highest BCUT2D eigenvalue weighted by Crippen LogP contribution is 2.19. The predicted molar refractivity (Wildman–Crippen MR) is 45.9 cm³/mol. The second-order valence-electron chi connectivity index (χ2n) is 2.51. The first-order valence-electron chi connectivity index (χ1n) is 3.73. The Bertz CT molecular complexity index is 349. The third kappa shape index (κ3) is 1.09. The number of hydrogen-bond acceptors (Lipinski definition) is 5. The van der Waals surface area contributed by atoms with Gasteiger partial charge in [0.05, 0.1) is 6.04 Å². The van der Waals surface area contributed by atoms with Crippen LogP contribution in [-0.2, 0) is 0 Å². The van der Waals surface area contributed by atoms with Crippen LogP contribution >= 0.6 is 11.3 Å². The van der Waals surface area contributed by atoms with Gasteiger partial charge in [-0.15, -0.1) is 10.2 Å². The molecule has 0 spiro atoms. The minimum atomic E-state index is 0.0247. The molecular formula is C6H9N5S. The molecule has 5 nitrogen and oxygen atoms in total. The van der Waals surface area contributed by atoms with Crippen molar-refractivity contribution in [1.82, 2.24) is 19.8 Å². The van der Waals surface area contributed by atoms with E-state index in [2.05, 4.69) is 15.3 Å². The summed E-state index contributed by atoms with van der Waals surface area (Å²) in [5.74, 6) is 0. The van der Waals surface area contributed by atoms with Crippen LogP contribution in [0, 0.1) is 0 Å². The van der Waals surface area contributed by atoms with Gasteiger partial charge in [-0.3, -0.25) is 0 Å². The first kappa shape index (κ1) is 7.63. The third-order valence-electron chi connectivity index (χ3n) is 1.66. The lowest BCUT2D eigenvalue weighted by atomic mass is 10.3. The lowest BCUT2D eigenvalue weighted by Crippen LogP contribution is -2.08. The van der Waals surface area contributed by atoms with Crippen molar-refractivity contribution in [1.29, 1.82) is 0 Å². The van der Waals surface area contributed by atoms with E-state index in [1.807, 2.05) is 6.92 Å². The highest BCUT2D eigenvalue weighted by molar-refractivity contribution is 7.16. The van der Waals surface area contributed by atoms with Gasteiger partial charge in [0, 0.05) is 0 Å². The van der Waals surface area contributed by atoms with E-state index in [9.17, 15) is 0 Å². The Hall–Kier alpha value is -1.01. The van der Waals surface area contributed by atoms with E-state index in [0.29, 0.717) is 0 Å².